The molecule has 0 atom stereocenters. The van der Waals surface area contributed by atoms with E-state index in [1.807, 2.05) is 5.38 Å². The highest BCUT2D eigenvalue weighted by molar-refractivity contribution is 7.88. The summed E-state index contributed by atoms with van der Waals surface area (Å²) >= 11 is 1.44. The number of piperidine rings is 1. The van der Waals surface area contributed by atoms with Gasteiger partial charge in [0.2, 0.25) is 15.9 Å². The predicted octanol–water partition coefficient (Wildman–Crippen LogP) is 0.404. The number of aromatic nitrogens is 1. The number of thiazole rings is 1. The Morgan fingerprint density at radius 3 is 2.59 bits per heavy atom. The van der Waals surface area contributed by atoms with E-state index in [1.165, 1.54) is 21.9 Å². The van der Waals surface area contributed by atoms with E-state index in [2.05, 4.69) is 4.98 Å². The molecule has 0 bridgehead atoms. The molecule has 2 fully saturated rings. The van der Waals surface area contributed by atoms with Crippen LogP contribution in [0.3, 0.4) is 0 Å². The lowest BCUT2D eigenvalue weighted by molar-refractivity contribution is -0.145. The number of ether oxygens (including phenoxy) is 1. The van der Waals surface area contributed by atoms with Crippen LogP contribution in [0, 0.1) is 5.92 Å². The molecule has 0 unspecified atom stereocenters. The normalized spacial score (nSPS) is 21.6. The lowest BCUT2D eigenvalue weighted by Crippen LogP contribution is -2.58. The number of amides is 1. The lowest BCUT2D eigenvalue weighted by atomic mass is 9.95. The molecule has 9 heteroatoms. The van der Waals surface area contributed by atoms with Crippen molar-refractivity contribution in [2.75, 3.05) is 32.4 Å². The highest BCUT2D eigenvalue weighted by Gasteiger charge is 2.38. The molecule has 2 aliphatic heterocycles. The molecular formula is C13H19N3O4S2. The molecule has 2 aliphatic rings. The zero-order chi connectivity index (χ0) is 15.7. The van der Waals surface area contributed by atoms with Crippen molar-refractivity contribution in [1.29, 1.82) is 0 Å². The summed E-state index contributed by atoms with van der Waals surface area (Å²) in [6.45, 7) is 2.04. The van der Waals surface area contributed by atoms with Gasteiger partial charge in [0.25, 0.3) is 5.19 Å². The average molecular weight is 345 g/mol. The van der Waals surface area contributed by atoms with Crippen LogP contribution in [-0.2, 0) is 14.8 Å². The molecule has 0 radical (unpaired) electrons. The summed E-state index contributed by atoms with van der Waals surface area (Å²) in [7, 11) is -3.14. The monoisotopic (exact) mass is 345 g/mol. The molecule has 3 rings (SSSR count). The molecule has 0 N–H and O–H groups in total. The van der Waals surface area contributed by atoms with E-state index in [-0.39, 0.29) is 17.9 Å². The van der Waals surface area contributed by atoms with Crippen molar-refractivity contribution < 1.29 is 17.9 Å². The second-order valence-corrected chi connectivity index (χ2v) is 8.56. The molecule has 2 saturated heterocycles. The summed E-state index contributed by atoms with van der Waals surface area (Å²) in [6.07, 6.45) is 4.12. The second-order valence-electron chi connectivity index (χ2n) is 5.72. The van der Waals surface area contributed by atoms with Crippen molar-refractivity contribution in [1.82, 2.24) is 14.2 Å². The summed E-state index contributed by atoms with van der Waals surface area (Å²) in [6, 6.07) is 0. The predicted molar refractivity (Wildman–Crippen MR) is 82.3 cm³/mol. The van der Waals surface area contributed by atoms with Crippen LogP contribution in [0.25, 0.3) is 0 Å². The van der Waals surface area contributed by atoms with Crippen LogP contribution in [0.5, 0.6) is 5.19 Å². The number of hydrogen-bond acceptors (Lipinski definition) is 6. The van der Waals surface area contributed by atoms with Gasteiger partial charge >= 0.3 is 0 Å². The Morgan fingerprint density at radius 2 is 2.05 bits per heavy atom. The van der Waals surface area contributed by atoms with Crippen LogP contribution in [0.15, 0.2) is 11.6 Å². The number of nitrogens with zero attached hydrogens (tertiary/aromatic N) is 3. The molecule has 22 heavy (non-hydrogen) atoms. The van der Waals surface area contributed by atoms with Crippen molar-refractivity contribution in [3.05, 3.63) is 11.6 Å². The standard InChI is InChI=1S/C13H19N3O4S2/c1-22(18,19)16-5-2-10(3-6-16)12(17)15-8-11(9-15)20-13-14-4-7-21-13/h4,7,10-11H,2-3,5-6,8-9H2,1H3. The molecule has 1 aromatic rings. The highest BCUT2D eigenvalue weighted by Crippen LogP contribution is 2.25. The van der Waals surface area contributed by atoms with Crippen LogP contribution in [0.2, 0.25) is 0 Å². The summed E-state index contributed by atoms with van der Waals surface area (Å²) in [5.41, 5.74) is 0. The fourth-order valence-electron chi connectivity index (χ4n) is 2.80. The van der Waals surface area contributed by atoms with Gasteiger partial charge in [0.1, 0.15) is 6.10 Å². The zero-order valence-corrected chi connectivity index (χ0v) is 14.0. The Bertz CT molecular complexity index is 618. The van der Waals surface area contributed by atoms with E-state index in [4.69, 9.17) is 4.74 Å². The van der Waals surface area contributed by atoms with Crippen LogP contribution >= 0.6 is 11.3 Å². The summed E-state index contributed by atoms with van der Waals surface area (Å²) in [4.78, 5) is 18.2. The largest absolute Gasteiger partial charge is 0.463 e. The van der Waals surface area contributed by atoms with E-state index in [1.54, 1.807) is 11.1 Å². The minimum atomic E-state index is -3.14. The number of carbonyl (C=O) groups excluding carboxylic acids is 1. The number of sulfonamides is 1. The van der Waals surface area contributed by atoms with Crippen LogP contribution in [0.4, 0.5) is 0 Å². The third kappa shape index (κ3) is 3.41. The average Bonchev–Trinajstić information content (AvgIpc) is 2.94. The number of rotatable bonds is 4. The van der Waals surface area contributed by atoms with Gasteiger partial charge in [0, 0.05) is 30.6 Å². The minimum absolute atomic E-state index is 0.0196. The number of likely N-dealkylation sites (tertiary alicyclic amines) is 1. The van der Waals surface area contributed by atoms with Crippen molar-refractivity contribution in [3.63, 3.8) is 0 Å². The van der Waals surface area contributed by atoms with E-state index < -0.39 is 10.0 Å². The molecule has 0 saturated carbocycles. The van der Waals surface area contributed by atoms with Crippen molar-refractivity contribution >= 4 is 27.3 Å². The molecule has 7 nitrogen and oxygen atoms in total. The maximum atomic E-state index is 12.4. The molecule has 3 heterocycles. The van der Waals surface area contributed by atoms with Crippen molar-refractivity contribution in [3.8, 4) is 5.19 Å². The number of carbonyl (C=O) groups is 1. The second kappa shape index (κ2) is 6.13. The third-order valence-corrected chi connectivity index (χ3v) is 6.07. The van der Waals surface area contributed by atoms with E-state index in [0.717, 1.165) is 0 Å². The molecular weight excluding hydrogens is 326 g/mol. The molecule has 1 amide bonds. The molecule has 0 aromatic carbocycles. The number of hydrogen-bond donors (Lipinski definition) is 0. The lowest BCUT2D eigenvalue weighted by Gasteiger charge is -2.41. The summed E-state index contributed by atoms with van der Waals surface area (Å²) in [5, 5.41) is 2.49. The summed E-state index contributed by atoms with van der Waals surface area (Å²) in [5.74, 6) is 0.0472. The van der Waals surface area contributed by atoms with Crippen LogP contribution in [0.1, 0.15) is 12.8 Å². The van der Waals surface area contributed by atoms with Gasteiger partial charge in [0.15, 0.2) is 0 Å². The first kappa shape index (κ1) is 15.7. The van der Waals surface area contributed by atoms with E-state index in [9.17, 15) is 13.2 Å². The minimum Gasteiger partial charge on any atom is -0.463 e. The van der Waals surface area contributed by atoms with Gasteiger partial charge in [-0.2, -0.15) is 0 Å². The van der Waals surface area contributed by atoms with Gasteiger partial charge in [-0.15, -0.1) is 0 Å². The van der Waals surface area contributed by atoms with Gasteiger partial charge in [-0.1, -0.05) is 11.3 Å². The Kier molecular flexibility index (Phi) is 4.37. The SMILES string of the molecule is CS(=O)(=O)N1CCC(C(=O)N2CC(Oc3nccs3)C2)CC1. The Labute approximate surface area is 133 Å². The van der Waals surface area contributed by atoms with Crippen molar-refractivity contribution in [2.24, 2.45) is 5.92 Å². The van der Waals surface area contributed by atoms with Crippen LogP contribution < -0.4 is 4.74 Å². The quantitative estimate of drug-likeness (QED) is 0.789. The Balaban J connectivity index is 1.44. The van der Waals surface area contributed by atoms with Crippen molar-refractivity contribution in [2.45, 2.75) is 18.9 Å². The maximum absolute atomic E-state index is 12.4. The van der Waals surface area contributed by atoms with E-state index in [0.29, 0.717) is 44.2 Å². The van der Waals surface area contributed by atoms with Gasteiger partial charge in [-0.05, 0) is 12.8 Å². The Morgan fingerprint density at radius 1 is 1.36 bits per heavy atom. The first-order chi connectivity index (χ1) is 10.4. The smallest absolute Gasteiger partial charge is 0.273 e. The van der Waals surface area contributed by atoms with E-state index >= 15 is 0 Å². The third-order valence-electron chi connectivity index (χ3n) is 4.11. The van der Waals surface area contributed by atoms with Crippen LogP contribution in [-0.4, -0.2) is 67.1 Å². The van der Waals surface area contributed by atoms with Gasteiger partial charge in [-0.3, -0.25) is 4.79 Å². The maximum Gasteiger partial charge on any atom is 0.273 e. The molecule has 0 aliphatic carbocycles. The molecule has 1 aromatic heterocycles. The highest BCUT2D eigenvalue weighted by atomic mass is 32.2. The molecule has 0 spiro atoms. The topological polar surface area (TPSA) is 79.8 Å². The van der Waals surface area contributed by atoms with Gasteiger partial charge in [-0.25, -0.2) is 17.7 Å². The van der Waals surface area contributed by atoms with Gasteiger partial charge in [0.05, 0.1) is 19.3 Å². The van der Waals surface area contributed by atoms with Gasteiger partial charge < -0.3 is 9.64 Å². The molecule has 122 valence electrons. The fourth-order valence-corrected chi connectivity index (χ4v) is 4.22. The zero-order valence-electron chi connectivity index (χ0n) is 12.3. The summed E-state index contributed by atoms with van der Waals surface area (Å²) < 4.78 is 30.0. The Hall–Kier alpha value is -1.19. The fraction of sp³-hybridized carbons (Fsp3) is 0.692. The first-order valence-corrected chi connectivity index (χ1v) is 9.96. The first-order valence-electron chi connectivity index (χ1n) is 7.23.